The number of carbonyl (C=O) groups excluding carboxylic acids is 1. The van der Waals surface area contributed by atoms with Crippen molar-refractivity contribution in [1.29, 1.82) is 0 Å². The van der Waals surface area contributed by atoms with Gasteiger partial charge in [0.05, 0.1) is 17.7 Å². The van der Waals surface area contributed by atoms with E-state index in [4.69, 9.17) is 11.6 Å². The third kappa shape index (κ3) is 4.45. The number of rotatable bonds is 4. The lowest BCUT2D eigenvalue weighted by molar-refractivity contribution is 0.0600. The summed E-state index contributed by atoms with van der Waals surface area (Å²) in [5, 5.41) is 0.187. The van der Waals surface area contributed by atoms with Crippen LogP contribution in [0.2, 0.25) is 5.02 Å². The van der Waals surface area contributed by atoms with Gasteiger partial charge in [-0.25, -0.2) is 9.18 Å². The molecule has 0 fully saturated rings. The van der Waals surface area contributed by atoms with Crippen molar-refractivity contribution >= 4 is 23.4 Å². The molecular formula is C22H26ClFO2. The fourth-order valence-electron chi connectivity index (χ4n) is 3.44. The molecular weight excluding hydrogens is 351 g/mol. The predicted molar refractivity (Wildman–Crippen MR) is 106 cm³/mol. The summed E-state index contributed by atoms with van der Waals surface area (Å²) < 4.78 is 19.5. The van der Waals surface area contributed by atoms with Crippen LogP contribution in [0.4, 0.5) is 4.39 Å². The van der Waals surface area contributed by atoms with E-state index >= 15 is 0 Å². The lowest BCUT2D eigenvalue weighted by Crippen LogP contribution is -2.19. The Balaban J connectivity index is 2.34. The quantitative estimate of drug-likeness (QED) is 0.421. The summed E-state index contributed by atoms with van der Waals surface area (Å²) in [6.45, 7) is 8.33. The predicted octanol–water partition coefficient (Wildman–Crippen LogP) is 6.91. The van der Waals surface area contributed by atoms with E-state index in [0.717, 1.165) is 12.8 Å². The summed E-state index contributed by atoms with van der Waals surface area (Å²) >= 11 is 6.17. The van der Waals surface area contributed by atoms with Crippen LogP contribution in [0.1, 0.15) is 62.9 Å². The molecule has 1 aromatic carbocycles. The molecule has 0 amide bonds. The minimum atomic E-state index is -0.499. The zero-order valence-corrected chi connectivity index (χ0v) is 16.8. The Morgan fingerprint density at radius 2 is 2.04 bits per heavy atom. The number of hydrogen-bond acceptors (Lipinski definition) is 2. The molecule has 140 valence electrons. The smallest absolute Gasteiger partial charge is 0.337 e. The molecule has 0 unspecified atom stereocenters. The highest BCUT2D eigenvalue weighted by Crippen LogP contribution is 2.41. The molecule has 2 nitrogen and oxygen atoms in total. The molecule has 0 N–H and O–H groups in total. The van der Waals surface area contributed by atoms with Crippen molar-refractivity contribution in [2.45, 2.75) is 47.0 Å². The molecule has 0 heterocycles. The van der Waals surface area contributed by atoms with Crippen molar-refractivity contribution in [2.75, 3.05) is 7.11 Å². The van der Waals surface area contributed by atoms with E-state index in [1.165, 1.54) is 42.9 Å². The average Bonchev–Trinajstić information content (AvgIpc) is 2.59. The zero-order chi connectivity index (χ0) is 19.5. The van der Waals surface area contributed by atoms with Gasteiger partial charge in [0.1, 0.15) is 5.83 Å². The third-order valence-electron chi connectivity index (χ3n) is 5.02. The van der Waals surface area contributed by atoms with Crippen molar-refractivity contribution in [3.8, 4) is 0 Å². The highest BCUT2D eigenvalue weighted by Gasteiger charge is 2.26. The molecule has 4 heteroatoms. The SMILES string of the molecule is COC(=O)c1ccc(/C(F)=C(C)/C=C/C2=C(C)CCCC2(C)C)c(Cl)c1. The molecule has 0 bridgehead atoms. The second-order valence-corrected chi connectivity index (χ2v) is 7.86. The van der Waals surface area contributed by atoms with Crippen LogP contribution >= 0.6 is 11.6 Å². The maximum Gasteiger partial charge on any atom is 0.337 e. The van der Waals surface area contributed by atoms with E-state index in [1.54, 1.807) is 6.92 Å². The average molecular weight is 377 g/mol. The standard InChI is InChI=1S/C22H26ClFO2/c1-14-7-6-12-22(3,4)18(14)11-8-15(2)20(24)17-10-9-16(13-19(17)23)21(25)26-5/h8-11,13H,6-7,12H2,1-5H3/b11-8+,20-15-. The molecule has 1 aliphatic rings. The Morgan fingerprint density at radius 3 is 2.62 bits per heavy atom. The van der Waals surface area contributed by atoms with E-state index in [9.17, 15) is 9.18 Å². The van der Waals surface area contributed by atoms with Crippen molar-refractivity contribution in [3.05, 3.63) is 63.2 Å². The first-order valence-electron chi connectivity index (χ1n) is 8.80. The van der Waals surface area contributed by atoms with Crippen LogP contribution in [0, 0.1) is 5.41 Å². The number of carbonyl (C=O) groups is 1. The molecule has 1 aromatic rings. The summed E-state index contributed by atoms with van der Waals surface area (Å²) in [6.07, 6.45) is 7.26. The van der Waals surface area contributed by atoms with Gasteiger partial charge in [-0.3, -0.25) is 0 Å². The van der Waals surface area contributed by atoms with Gasteiger partial charge in [-0.1, -0.05) is 43.2 Å². The number of ether oxygens (including phenoxy) is 1. The first-order chi connectivity index (χ1) is 12.2. The summed E-state index contributed by atoms with van der Waals surface area (Å²) in [6, 6.07) is 4.45. The van der Waals surface area contributed by atoms with Crippen LogP contribution in [-0.2, 0) is 4.74 Å². The number of hydrogen-bond donors (Lipinski definition) is 0. The fourth-order valence-corrected chi connectivity index (χ4v) is 3.71. The Labute approximate surface area is 160 Å². The van der Waals surface area contributed by atoms with E-state index in [2.05, 4.69) is 25.5 Å². The van der Waals surface area contributed by atoms with Crippen LogP contribution in [0.25, 0.3) is 5.83 Å². The summed E-state index contributed by atoms with van der Waals surface area (Å²) in [5.74, 6) is -0.893. The molecule has 0 aliphatic heterocycles. The lowest BCUT2D eigenvalue weighted by Gasteiger charge is -2.33. The van der Waals surface area contributed by atoms with E-state index in [0.29, 0.717) is 11.1 Å². The molecule has 1 aliphatic carbocycles. The monoisotopic (exact) mass is 376 g/mol. The number of methoxy groups -OCH3 is 1. The second kappa shape index (κ2) is 8.22. The Hall–Kier alpha value is -1.87. The van der Waals surface area contributed by atoms with Gasteiger partial charge in [0.25, 0.3) is 0 Å². The summed E-state index contributed by atoms with van der Waals surface area (Å²) in [7, 11) is 1.29. The van der Waals surface area contributed by atoms with E-state index in [-0.39, 0.29) is 16.0 Å². The third-order valence-corrected chi connectivity index (χ3v) is 5.33. The van der Waals surface area contributed by atoms with Crippen LogP contribution in [-0.4, -0.2) is 13.1 Å². The highest BCUT2D eigenvalue weighted by molar-refractivity contribution is 6.32. The first kappa shape index (κ1) is 20.4. The lowest BCUT2D eigenvalue weighted by atomic mass is 9.72. The van der Waals surface area contributed by atoms with Crippen molar-refractivity contribution < 1.29 is 13.9 Å². The van der Waals surface area contributed by atoms with Gasteiger partial charge in [0.2, 0.25) is 0 Å². The van der Waals surface area contributed by atoms with Gasteiger partial charge in [-0.2, -0.15) is 0 Å². The topological polar surface area (TPSA) is 26.3 Å². The fraction of sp³-hybridized carbons (Fsp3) is 0.409. The maximum atomic E-state index is 14.9. The van der Waals surface area contributed by atoms with E-state index in [1.807, 2.05) is 12.2 Å². The minimum absolute atomic E-state index is 0.107. The van der Waals surface area contributed by atoms with Gasteiger partial charge < -0.3 is 4.74 Å². The van der Waals surface area contributed by atoms with Gasteiger partial charge in [0.15, 0.2) is 0 Å². The molecule has 26 heavy (non-hydrogen) atoms. The second-order valence-electron chi connectivity index (χ2n) is 7.45. The first-order valence-corrected chi connectivity index (χ1v) is 9.18. The normalized spacial score (nSPS) is 18.1. The Bertz CT molecular complexity index is 800. The van der Waals surface area contributed by atoms with Crippen LogP contribution in [0.3, 0.4) is 0 Å². The van der Waals surface area contributed by atoms with Gasteiger partial charge in [0, 0.05) is 5.56 Å². The Morgan fingerprint density at radius 1 is 1.35 bits per heavy atom. The molecule has 0 radical (unpaired) electrons. The Kier molecular flexibility index (Phi) is 6.46. The number of allylic oxidation sites excluding steroid dienone is 5. The summed E-state index contributed by atoms with van der Waals surface area (Å²) in [4.78, 5) is 11.5. The van der Waals surface area contributed by atoms with E-state index < -0.39 is 11.8 Å². The van der Waals surface area contributed by atoms with Crippen molar-refractivity contribution in [3.63, 3.8) is 0 Å². The van der Waals surface area contributed by atoms with Gasteiger partial charge in [-0.15, -0.1) is 0 Å². The molecule has 0 saturated heterocycles. The highest BCUT2D eigenvalue weighted by atomic mass is 35.5. The molecule has 2 rings (SSSR count). The van der Waals surface area contributed by atoms with Gasteiger partial charge in [-0.05, 0) is 67.9 Å². The van der Waals surface area contributed by atoms with Crippen molar-refractivity contribution in [2.24, 2.45) is 5.41 Å². The maximum absolute atomic E-state index is 14.9. The van der Waals surface area contributed by atoms with Gasteiger partial charge >= 0.3 is 5.97 Å². The van der Waals surface area contributed by atoms with Crippen LogP contribution in [0.15, 0.2) is 47.1 Å². The number of halogens is 2. The zero-order valence-electron chi connectivity index (χ0n) is 16.1. The van der Waals surface area contributed by atoms with Crippen LogP contribution in [0.5, 0.6) is 0 Å². The molecule has 0 spiro atoms. The minimum Gasteiger partial charge on any atom is -0.465 e. The van der Waals surface area contributed by atoms with Crippen molar-refractivity contribution in [1.82, 2.24) is 0 Å². The molecule has 0 atom stereocenters. The molecule has 0 saturated carbocycles. The molecule has 0 aromatic heterocycles. The largest absolute Gasteiger partial charge is 0.465 e. The number of esters is 1. The van der Waals surface area contributed by atoms with Crippen LogP contribution < -0.4 is 0 Å². The number of benzene rings is 1. The summed E-state index contributed by atoms with van der Waals surface area (Å²) in [5.41, 5.74) is 3.82.